The van der Waals surface area contributed by atoms with Crippen LogP contribution in [-0.4, -0.2) is 96.9 Å². The molecule has 0 fully saturated rings. The van der Waals surface area contributed by atoms with E-state index in [4.69, 9.17) is 10.1 Å². The lowest BCUT2D eigenvalue weighted by Crippen LogP contribution is -2.48. The molecule has 3 atom stereocenters. The maximum atomic E-state index is 14.3. The molecule has 3 unspecified atom stereocenters. The van der Waals surface area contributed by atoms with Gasteiger partial charge < -0.3 is 30.9 Å². The molecule has 0 aliphatic carbocycles. The summed E-state index contributed by atoms with van der Waals surface area (Å²) in [5.74, 6) is -1.72. The van der Waals surface area contributed by atoms with Crippen molar-refractivity contribution in [2.24, 2.45) is 10.9 Å². The van der Waals surface area contributed by atoms with Gasteiger partial charge in [0, 0.05) is 54.2 Å². The SMILES string of the molecule is CN=CC(CN(C(CO)CSc1ccncc1NC(=O)C(NC(=O)OC)C(c1ccccc1)c1ccccc1)S(=O)(=O)c1ccc2ncsc2c1)C(C)=N. The molecule has 54 heavy (non-hydrogen) atoms. The van der Waals surface area contributed by atoms with Crippen molar-refractivity contribution in [2.75, 3.05) is 38.4 Å². The maximum absolute atomic E-state index is 14.3. The van der Waals surface area contributed by atoms with Gasteiger partial charge in [0.15, 0.2) is 0 Å². The van der Waals surface area contributed by atoms with Crippen LogP contribution >= 0.6 is 23.1 Å². The summed E-state index contributed by atoms with van der Waals surface area (Å²) in [6.07, 6.45) is 3.74. The number of thiazole rings is 1. The predicted octanol–water partition coefficient (Wildman–Crippen LogP) is 5.69. The lowest BCUT2D eigenvalue weighted by molar-refractivity contribution is -0.118. The highest BCUT2D eigenvalue weighted by atomic mass is 32.2. The summed E-state index contributed by atoms with van der Waals surface area (Å²) in [5, 5.41) is 24.7. The van der Waals surface area contributed by atoms with Crippen molar-refractivity contribution in [3.8, 4) is 0 Å². The van der Waals surface area contributed by atoms with Gasteiger partial charge in [0.2, 0.25) is 15.9 Å². The molecule has 13 nitrogen and oxygen atoms in total. The average Bonchev–Trinajstić information content (AvgIpc) is 3.66. The first-order chi connectivity index (χ1) is 26.1. The Morgan fingerprint density at radius 3 is 2.37 bits per heavy atom. The molecule has 0 spiro atoms. The highest BCUT2D eigenvalue weighted by molar-refractivity contribution is 7.99. The van der Waals surface area contributed by atoms with Crippen molar-refractivity contribution in [3.63, 3.8) is 0 Å². The normalized spacial score (nSPS) is 13.5. The number of nitrogens with zero attached hydrogens (tertiary/aromatic N) is 4. The number of carbonyl (C=O) groups is 2. The summed E-state index contributed by atoms with van der Waals surface area (Å²) in [6, 6.07) is 23.0. The number of sulfonamides is 1. The summed E-state index contributed by atoms with van der Waals surface area (Å²) in [7, 11) is -1.43. The number of thioether (sulfide) groups is 1. The molecule has 5 rings (SSSR count). The lowest BCUT2D eigenvalue weighted by atomic mass is 9.84. The first-order valence-corrected chi connectivity index (χ1v) is 20.1. The molecule has 0 radical (unpaired) electrons. The molecular weight excluding hydrogens is 747 g/mol. The molecule has 5 aromatic rings. The molecular formula is C38H41N7O6S3. The summed E-state index contributed by atoms with van der Waals surface area (Å²) < 4.78 is 35.5. The van der Waals surface area contributed by atoms with Crippen molar-refractivity contribution in [2.45, 2.75) is 34.7 Å². The molecule has 0 bridgehead atoms. The van der Waals surface area contributed by atoms with Crippen LogP contribution in [0.3, 0.4) is 0 Å². The minimum atomic E-state index is -4.20. The number of aliphatic hydroxyl groups excluding tert-OH is 1. The Labute approximate surface area is 322 Å². The number of aromatic nitrogens is 2. The van der Waals surface area contributed by atoms with Crippen LogP contribution in [-0.2, 0) is 19.6 Å². The Bertz CT molecular complexity index is 2150. The zero-order valence-corrected chi connectivity index (χ0v) is 32.3. The number of rotatable bonds is 17. The Hall–Kier alpha value is -5.00. The third-order valence-corrected chi connectivity index (χ3v) is 12.6. The van der Waals surface area contributed by atoms with Gasteiger partial charge >= 0.3 is 6.09 Å². The van der Waals surface area contributed by atoms with Crippen LogP contribution in [0.25, 0.3) is 10.2 Å². The summed E-state index contributed by atoms with van der Waals surface area (Å²) >= 11 is 2.53. The topological polar surface area (TPSA) is 187 Å². The molecule has 2 aromatic heterocycles. The van der Waals surface area contributed by atoms with Gasteiger partial charge in [-0.15, -0.1) is 23.1 Å². The van der Waals surface area contributed by atoms with E-state index in [1.807, 2.05) is 60.7 Å². The number of carbonyl (C=O) groups excluding carboxylic acids is 2. The number of methoxy groups -OCH3 is 1. The van der Waals surface area contributed by atoms with Gasteiger partial charge in [-0.3, -0.25) is 9.78 Å². The number of pyridine rings is 1. The molecule has 2 heterocycles. The first-order valence-electron chi connectivity index (χ1n) is 16.8. The second-order valence-corrected chi connectivity index (χ2v) is 16.0. The van der Waals surface area contributed by atoms with E-state index in [2.05, 4.69) is 25.6 Å². The van der Waals surface area contributed by atoms with E-state index in [1.165, 1.54) is 59.2 Å². The van der Waals surface area contributed by atoms with Crippen molar-refractivity contribution in [1.82, 2.24) is 19.6 Å². The van der Waals surface area contributed by atoms with E-state index in [0.717, 1.165) is 11.1 Å². The molecule has 0 saturated heterocycles. The number of hydrogen-bond donors (Lipinski definition) is 4. The third-order valence-electron chi connectivity index (χ3n) is 8.65. The molecule has 2 amide bonds. The Morgan fingerprint density at radius 2 is 1.76 bits per heavy atom. The van der Waals surface area contributed by atoms with Crippen molar-refractivity contribution >= 4 is 73.0 Å². The Morgan fingerprint density at radius 1 is 1.07 bits per heavy atom. The van der Waals surface area contributed by atoms with Gasteiger partial charge in [-0.25, -0.2) is 18.2 Å². The number of hydrogen-bond acceptors (Lipinski definition) is 12. The lowest BCUT2D eigenvalue weighted by Gasteiger charge is -2.32. The van der Waals surface area contributed by atoms with Crippen LogP contribution in [0, 0.1) is 11.3 Å². The number of benzene rings is 3. The summed E-state index contributed by atoms with van der Waals surface area (Å²) in [6.45, 7) is 0.913. The van der Waals surface area contributed by atoms with Crippen molar-refractivity contribution < 1.29 is 27.9 Å². The molecule has 0 aliphatic heterocycles. The van der Waals surface area contributed by atoms with Gasteiger partial charge in [-0.1, -0.05) is 60.7 Å². The Kier molecular flexibility index (Phi) is 14.0. The average molecular weight is 788 g/mol. The van der Waals surface area contributed by atoms with E-state index in [-0.39, 0.29) is 22.9 Å². The van der Waals surface area contributed by atoms with E-state index in [1.54, 1.807) is 37.7 Å². The molecule has 0 aliphatic rings. The van der Waals surface area contributed by atoms with Crippen molar-refractivity contribution in [1.29, 1.82) is 5.41 Å². The van der Waals surface area contributed by atoms with Gasteiger partial charge in [-0.05, 0) is 42.3 Å². The number of nitrogens with one attached hydrogen (secondary N) is 3. The minimum Gasteiger partial charge on any atom is -0.453 e. The molecule has 282 valence electrons. The highest BCUT2D eigenvalue weighted by Crippen LogP contribution is 2.33. The van der Waals surface area contributed by atoms with E-state index >= 15 is 0 Å². The molecule has 16 heteroatoms. The fourth-order valence-corrected chi connectivity index (χ4v) is 9.48. The number of alkyl carbamates (subject to hydrolysis) is 1. The van der Waals surface area contributed by atoms with Gasteiger partial charge in [0.05, 0.1) is 52.3 Å². The Balaban J connectivity index is 1.45. The monoisotopic (exact) mass is 787 g/mol. The fraction of sp³-hybridized carbons (Fsp3) is 0.263. The van der Waals surface area contributed by atoms with Gasteiger partial charge in [-0.2, -0.15) is 4.31 Å². The maximum Gasteiger partial charge on any atom is 0.407 e. The zero-order valence-electron chi connectivity index (χ0n) is 29.8. The summed E-state index contributed by atoms with van der Waals surface area (Å²) in [5.41, 5.74) is 4.41. The fourth-order valence-electron chi connectivity index (χ4n) is 5.85. The molecule has 0 saturated carbocycles. The molecule has 3 aromatic carbocycles. The van der Waals surface area contributed by atoms with Gasteiger partial charge in [0.25, 0.3) is 0 Å². The standard InChI is InChI=1S/C38H41N7O6S3/c1-25(39)28(19-40-2)21-45(54(49,50)30-14-15-31-34(18-30)53-24-42-31)29(22-46)23-52-33-16-17-41-20-32(33)43-37(47)36(44-38(48)51-3)35(26-10-6-4-7-11-26)27-12-8-5-9-13-27/h4-20,24,28-29,35-36,39,46H,21-23H2,1-3H3,(H,43,47)(H,44,48). The second-order valence-electron chi connectivity index (χ2n) is 12.2. The minimum absolute atomic E-state index is 0.0323. The van der Waals surface area contributed by atoms with Crippen LogP contribution in [0.5, 0.6) is 0 Å². The van der Waals surface area contributed by atoms with E-state index < -0.39 is 52.6 Å². The number of ether oxygens (including phenoxy) is 1. The predicted molar refractivity (Wildman–Crippen MR) is 213 cm³/mol. The second kappa shape index (κ2) is 18.9. The van der Waals surface area contributed by atoms with Crippen LogP contribution in [0.1, 0.15) is 24.0 Å². The van der Waals surface area contributed by atoms with Gasteiger partial charge in [0.1, 0.15) is 6.04 Å². The number of amides is 2. The molecule has 4 N–H and O–H groups in total. The smallest absolute Gasteiger partial charge is 0.407 e. The van der Waals surface area contributed by atoms with Crippen molar-refractivity contribution in [3.05, 3.63) is 114 Å². The number of aliphatic hydroxyl groups is 1. The van der Waals surface area contributed by atoms with Crippen LogP contribution in [0.4, 0.5) is 10.5 Å². The van der Waals surface area contributed by atoms with Crippen LogP contribution in [0.2, 0.25) is 0 Å². The number of fused-ring (bicyclic) bond motifs is 1. The van der Waals surface area contributed by atoms with Crippen LogP contribution < -0.4 is 10.6 Å². The van der Waals surface area contributed by atoms with Crippen LogP contribution in [0.15, 0.2) is 118 Å². The zero-order chi connectivity index (χ0) is 38.7. The largest absolute Gasteiger partial charge is 0.453 e. The summed E-state index contributed by atoms with van der Waals surface area (Å²) in [4.78, 5) is 40.0. The number of anilines is 1. The quantitative estimate of drug-likeness (QED) is 0.0679. The number of aliphatic imine (C=N–C) groups is 1. The first kappa shape index (κ1) is 40.2. The third kappa shape index (κ3) is 9.75. The highest BCUT2D eigenvalue weighted by Gasteiger charge is 2.35. The van der Waals surface area contributed by atoms with E-state index in [0.29, 0.717) is 20.8 Å². The van der Waals surface area contributed by atoms with E-state index in [9.17, 15) is 23.1 Å².